The summed E-state index contributed by atoms with van der Waals surface area (Å²) < 4.78 is 38.5. The lowest BCUT2D eigenvalue weighted by Gasteiger charge is -2.19. The lowest BCUT2D eigenvalue weighted by molar-refractivity contribution is -0.136. The van der Waals surface area contributed by atoms with E-state index in [2.05, 4.69) is 15.5 Å². The number of aromatic nitrogens is 2. The number of anilines is 1. The van der Waals surface area contributed by atoms with Crippen molar-refractivity contribution in [1.29, 1.82) is 0 Å². The van der Waals surface area contributed by atoms with E-state index in [-0.39, 0.29) is 12.2 Å². The van der Waals surface area contributed by atoms with Crippen molar-refractivity contribution in [3.05, 3.63) is 47.8 Å². The van der Waals surface area contributed by atoms with Crippen LogP contribution in [0.2, 0.25) is 0 Å². The first kappa shape index (κ1) is 14.9. The van der Waals surface area contributed by atoms with Crippen LogP contribution in [-0.2, 0) is 12.7 Å². The van der Waals surface area contributed by atoms with Crippen LogP contribution in [0, 0.1) is 0 Å². The summed E-state index contributed by atoms with van der Waals surface area (Å²) in [6.45, 7) is 0.233. The summed E-state index contributed by atoms with van der Waals surface area (Å²) in [4.78, 5) is 13.2. The minimum absolute atomic E-state index is 0.233. The number of H-pyrrole nitrogens is 1. The molecule has 0 aliphatic carbocycles. The zero-order valence-electron chi connectivity index (χ0n) is 11.1. The number of hydrogen-bond acceptors (Lipinski definition) is 2. The predicted molar refractivity (Wildman–Crippen MR) is 70.5 cm³/mol. The monoisotopic (exact) mass is 298 g/mol. The fraction of sp³-hybridized carbons (Fsp3) is 0.231. The average molecular weight is 298 g/mol. The van der Waals surface area contributed by atoms with Gasteiger partial charge in [0.2, 0.25) is 0 Å². The first-order valence-electron chi connectivity index (χ1n) is 6.04. The van der Waals surface area contributed by atoms with E-state index in [1.54, 1.807) is 6.20 Å². The van der Waals surface area contributed by atoms with Gasteiger partial charge in [-0.3, -0.25) is 5.10 Å². The summed E-state index contributed by atoms with van der Waals surface area (Å²) in [5, 5.41) is 8.59. The Morgan fingerprint density at radius 3 is 2.71 bits per heavy atom. The second kappa shape index (κ2) is 5.86. The quantitative estimate of drug-likeness (QED) is 0.914. The molecule has 0 unspecified atom stereocenters. The van der Waals surface area contributed by atoms with Crippen molar-refractivity contribution in [2.75, 3.05) is 12.4 Å². The fourth-order valence-corrected chi connectivity index (χ4v) is 1.76. The van der Waals surface area contributed by atoms with Gasteiger partial charge in [0.1, 0.15) is 0 Å². The van der Waals surface area contributed by atoms with Crippen LogP contribution in [0.4, 0.5) is 23.7 Å². The van der Waals surface area contributed by atoms with Crippen molar-refractivity contribution in [1.82, 2.24) is 15.1 Å². The van der Waals surface area contributed by atoms with E-state index in [1.807, 2.05) is 0 Å². The third-order valence-corrected chi connectivity index (χ3v) is 2.80. The highest BCUT2D eigenvalue weighted by atomic mass is 19.4. The first-order chi connectivity index (χ1) is 9.88. The van der Waals surface area contributed by atoms with E-state index >= 15 is 0 Å². The van der Waals surface area contributed by atoms with Crippen LogP contribution in [-0.4, -0.2) is 28.2 Å². The predicted octanol–water partition coefficient (Wildman–Crippen LogP) is 3.09. The van der Waals surface area contributed by atoms with Gasteiger partial charge in [0.15, 0.2) is 0 Å². The van der Waals surface area contributed by atoms with Crippen LogP contribution in [0.25, 0.3) is 0 Å². The molecule has 1 aromatic heterocycles. The number of rotatable bonds is 3. The number of hydrogen-bond donors (Lipinski definition) is 2. The van der Waals surface area contributed by atoms with Crippen LogP contribution in [0.3, 0.4) is 0 Å². The Balaban J connectivity index is 2.09. The van der Waals surface area contributed by atoms with Crippen molar-refractivity contribution >= 4 is 11.7 Å². The Morgan fingerprint density at radius 2 is 2.10 bits per heavy atom. The van der Waals surface area contributed by atoms with E-state index < -0.39 is 17.8 Å². The molecule has 0 saturated heterocycles. The third kappa shape index (κ3) is 3.74. The zero-order valence-corrected chi connectivity index (χ0v) is 11.1. The van der Waals surface area contributed by atoms with Crippen molar-refractivity contribution in [2.45, 2.75) is 12.7 Å². The maximum atomic E-state index is 12.8. The fourth-order valence-electron chi connectivity index (χ4n) is 1.76. The van der Waals surface area contributed by atoms with Crippen molar-refractivity contribution in [2.24, 2.45) is 0 Å². The smallest absolute Gasteiger partial charge is 0.323 e. The highest BCUT2D eigenvalue weighted by Gasteiger charge is 2.33. The van der Waals surface area contributed by atoms with Crippen LogP contribution >= 0.6 is 0 Å². The molecule has 0 atom stereocenters. The molecule has 0 saturated carbocycles. The molecule has 1 aromatic carbocycles. The van der Waals surface area contributed by atoms with Crippen molar-refractivity contribution in [3.8, 4) is 0 Å². The number of nitrogens with zero attached hydrogens (tertiary/aromatic N) is 2. The summed E-state index contributed by atoms with van der Waals surface area (Å²) in [6.07, 6.45) is -1.38. The number of aromatic amines is 1. The highest BCUT2D eigenvalue weighted by Crippen LogP contribution is 2.34. The second-order valence-corrected chi connectivity index (χ2v) is 4.44. The molecule has 2 amide bonds. The molecular weight excluding hydrogens is 285 g/mol. The maximum Gasteiger partial charge on any atom is 0.418 e. The van der Waals surface area contributed by atoms with E-state index in [0.29, 0.717) is 0 Å². The minimum atomic E-state index is -4.52. The third-order valence-electron chi connectivity index (χ3n) is 2.80. The number of carbonyl (C=O) groups is 1. The molecule has 2 N–H and O–H groups in total. The number of urea groups is 1. The highest BCUT2D eigenvalue weighted by molar-refractivity contribution is 5.90. The summed E-state index contributed by atoms with van der Waals surface area (Å²) in [7, 11) is 1.48. The van der Waals surface area contributed by atoms with Gasteiger partial charge < -0.3 is 10.2 Å². The number of alkyl halides is 3. The summed E-state index contributed by atoms with van der Waals surface area (Å²) in [5.41, 5.74) is -0.402. The molecule has 0 aliphatic rings. The van der Waals surface area contributed by atoms with Gasteiger partial charge in [-0.25, -0.2) is 4.79 Å². The van der Waals surface area contributed by atoms with Gasteiger partial charge in [0.25, 0.3) is 0 Å². The van der Waals surface area contributed by atoms with E-state index in [1.165, 1.54) is 36.3 Å². The van der Waals surface area contributed by atoms with Gasteiger partial charge in [-0.15, -0.1) is 0 Å². The van der Waals surface area contributed by atoms with Gasteiger partial charge in [-0.2, -0.15) is 18.3 Å². The van der Waals surface area contributed by atoms with E-state index in [0.717, 1.165) is 11.6 Å². The summed E-state index contributed by atoms with van der Waals surface area (Å²) in [6, 6.07) is 4.21. The number of amides is 2. The Bertz CT molecular complexity index is 610. The summed E-state index contributed by atoms with van der Waals surface area (Å²) in [5.74, 6) is 0. The molecular formula is C13H13F3N4O. The minimum Gasteiger partial charge on any atom is -0.323 e. The van der Waals surface area contributed by atoms with Gasteiger partial charge in [0.05, 0.1) is 24.0 Å². The Kier molecular flexibility index (Phi) is 4.15. The van der Waals surface area contributed by atoms with Gasteiger partial charge >= 0.3 is 12.2 Å². The number of carbonyl (C=O) groups excluding carboxylic acids is 1. The zero-order chi connectivity index (χ0) is 15.5. The van der Waals surface area contributed by atoms with E-state index in [4.69, 9.17) is 0 Å². The molecule has 112 valence electrons. The topological polar surface area (TPSA) is 61.0 Å². The normalized spacial score (nSPS) is 11.2. The average Bonchev–Trinajstić information content (AvgIpc) is 2.91. The molecule has 2 rings (SSSR count). The Hall–Kier alpha value is -2.51. The number of halogens is 3. The van der Waals surface area contributed by atoms with Crippen LogP contribution < -0.4 is 5.32 Å². The first-order valence-corrected chi connectivity index (χ1v) is 6.04. The molecule has 0 bridgehead atoms. The molecule has 0 aliphatic heterocycles. The van der Waals surface area contributed by atoms with Gasteiger partial charge in [0, 0.05) is 18.8 Å². The molecule has 2 aromatic rings. The molecule has 0 radical (unpaired) electrons. The molecule has 21 heavy (non-hydrogen) atoms. The van der Waals surface area contributed by atoms with Crippen molar-refractivity contribution in [3.63, 3.8) is 0 Å². The van der Waals surface area contributed by atoms with Gasteiger partial charge in [-0.05, 0) is 12.1 Å². The number of benzene rings is 1. The molecule has 0 fully saturated rings. The lowest BCUT2D eigenvalue weighted by Crippen LogP contribution is -2.31. The van der Waals surface area contributed by atoms with Gasteiger partial charge in [-0.1, -0.05) is 12.1 Å². The largest absolute Gasteiger partial charge is 0.418 e. The van der Waals surface area contributed by atoms with E-state index in [9.17, 15) is 18.0 Å². The van der Waals surface area contributed by atoms with Crippen LogP contribution in [0.15, 0.2) is 36.7 Å². The Labute approximate surface area is 118 Å². The van der Waals surface area contributed by atoms with Crippen LogP contribution in [0.5, 0.6) is 0 Å². The van der Waals surface area contributed by atoms with Crippen molar-refractivity contribution < 1.29 is 18.0 Å². The maximum absolute atomic E-state index is 12.8. The standard InChI is InChI=1S/C13H13F3N4O/c1-20(8-9-6-17-18-7-9)12(21)19-11-5-3-2-4-10(11)13(14,15)16/h2-7H,8H2,1H3,(H,17,18)(H,19,21). The molecule has 5 nitrogen and oxygen atoms in total. The lowest BCUT2D eigenvalue weighted by atomic mass is 10.1. The molecule has 1 heterocycles. The molecule has 0 spiro atoms. The van der Waals surface area contributed by atoms with Crippen LogP contribution in [0.1, 0.15) is 11.1 Å². The number of para-hydroxylation sites is 1. The SMILES string of the molecule is CN(Cc1cn[nH]c1)C(=O)Nc1ccccc1C(F)(F)F. The molecule has 8 heteroatoms. The second-order valence-electron chi connectivity index (χ2n) is 4.44. The Morgan fingerprint density at radius 1 is 1.38 bits per heavy atom. The number of nitrogens with one attached hydrogen (secondary N) is 2. The summed E-state index contributed by atoms with van der Waals surface area (Å²) >= 11 is 0.